The van der Waals surface area contributed by atoms with Gasteiger partial charge < -0.3 is 0 Å². The Morgan fingerprint density at radius 2 is 2.00 bits per heavy atom. The molecule has 0 fully saturated rings. The van der Waals surface area contributed by atoms with E-state index < -0.39 is 0 Å². The van der Waals surface area contributed by atoms with Crippen LogP contribution in [0.15, 0.2) is 30.3 Å². The van der Waals surface area contributed by atoms with E-state index in [0.717, 1.165) is 11.8 Å². The molecule has 0 amide bonds. The molecule has 1 rings (SSSR count). The number of rotatable bonds is 4. The monoisotopic (exact) mass is 179 g/mol. The number of carbonyl (C=O) groups is 1. The zero-order valence-corrected chi connectivity index (χ0v) is 7.81. The molecule has 1 atom stereocenters. The molecule has 3 heteroatoms. The molecular formula is C10H15N2O+. The molecule has 1 aromatic rings. The van der Waals surface area contributed by atoms with Gasteiger partial charge in [-0.3, -0.25) is 4.79 Å². The third-order valence-corrected chi connectivity index (χ3v) is 1.88. The molecule has 0 unspecified atom stereocenters. The molecule has 1 aromatic carbocycles. The Balaban J connectivity index is 2.63. The largest absolute Gasteiger partial charge is 0.297 e. The fourth-order valence-corrected chi connectivity index (χ4v) is 1.24. The summed E-state index contributed by atoms with van der Waals surface area (Å²) < 4.78 is 0.216. The van der Waals surface area contributed by atoms with Gasteiger partial charge in [0.05, 0.1) is 7.05 Å². The van der Waals surface area contributed by atoms with Crippen LogP contribution >= 0.6 is 0 Å². The van der Waals surface area contributed by atoms with Gasteiger partial charge in [0.15, 0.2) is 12.8 Å². The predicted octanol–water partition coefficient (Wildman–Crippen LogP) is 0.706. The minimum Gasteiger partial charge on any atom is -0.297 e. The van der Waals surface area contributed by atoms with Crippen LogP contribution in [0.3, 0.4) is 0 Å². The first-order valence-electron chi connectivity index (χ1n) is 4.25. The molecule has 3 nitrogen and oxygen atoms in total. The molecule has 0 saturated carbocycles. The van der Waals surface area contributed by atoms with E-state index in [4.69, 9.17) is 5.84 Å². The Morgan fingerprint density at radius 3 is 2.54 bits per heavy atom. The van der Waals surface area contributed by atoms with Gasteiger partial charge in [0.2, 0.25) is 0 Å². The normalized spacial score (nSPS) is 14.9. The molecule has 2 N–H and O–H groups in total. The Morgan fingerprint density at radius 1 is 1.38 bits per heavy atom. The van der Waals surface area contributed by atoms with Crippen LogP contribution in [0.4, 0.5) is 0 Å². The quantitative estimate of drug-likeness (QED) is 0.320. The summed E-state index contributed by atoms with van der Waals surface area (Å²) in [7, 11) is 1.83. The minimum absolute atomic E-state index is 0.216. The van der Waals surface area contributed by atoms with Gasteiger partial charge in [0.25, 0.3) is 0 Å². The van der Waals surface area contributed by atoms with Gasteiger partial charge >= 0.3 is 0 Å². The van der Waals surface area contributed by atoms with Crippen molar-refractivity contribution in [2.75, 3.05) is 13.6 Å². The molecule has 0 heterocycles. The second-order valence-electron chi connectivity index (χ2n) is 3.47. The maximum Gasteiger partial charge on any atom is 0.176 e. The Kier molecular flexibility index (Phi) is 3.17. The van der Waals surface area contributed by atoms with Crippen molar-refractivity contribution >= 4 is 6.29 Å². The Hall–Kier alpha value is -1.19. The van der Waals surface area contributed by atoms with E-state index in [9.17, 15) is 4.79 Å². The average Bonchev–Trinajstić information content (AvgIpc) is 2.04. The number of hydrogen-bond acceptors (Lipinski definition) is 2. The van der Waals surface area contributed by atoms with E-state index >= 15 is 0 Å². The zero-order valence-electron chi connectivity index (χ0n) is 7.81. The van der Waals surface area contributed by atoms with E-state index in [1.54, 1.807) is 0 Å². The van der Waals surface area contributed by atoms with Gasteiger partial charge in [-0.1, -0.05) is 30.3 Å². The molecule has 0 spiro atoms. The van der Waals surface area contributed by atoms with Gasteiger partial charge in [0, 0.05) is 5.56 Å². The summed E-state index contributed by atoms with van der Waals surface area (Å²) in [6.45, 7) is 1.02. The molecule has 0 radical (unpaired) electrons. The summed E-state index contributed by atoms with van der Waals surface area (Å²) in [6, 6.07) is 9.92. The molecule has 0 aliphatic carbocycles. The van der Waals surface area contributed by atoms with Crippen LogP contribution in [-0.4, -0.2) is 24.5 Å². The van der Waals surface area contributed by atoms with E-state index in [1.807, 2.05) is 37.4 Å². The first-order chi connectivity index (χ1) is 6.14. The maximum atomic E-state index is 10.3. The molecule has 70 valence electrons. The van der Waals surface area contributed by atoms with Gasteiger partial charge in [-0.2, -0.15) is 5.84 Å². The second-order valence-corrected chi connectivity index (χ2v) is 3.47. The lowest BCUT2D eigenvalue weighted by molar-refractivity contribution is -0.926. The summed E-state index contributed by atoms with van der Waals surface area (Å²) in [4.78, 5) is 10.3. The standard InChI is InChI=1S/C10H15N2O/c1-12(11,7-8-13)9-10-5-3-2-4-6-10/h2-6,8H,7,9,11H2,1H3/q+1/t12-/m0/s1. The highest BCUT2D eigenvalue weighted by Gasteiger charge is 2.15. The SMILES string of the molecule is C[N@+](N)(CC=O)Cc1ccccc1. The highest BCUT2D eigenvalue weighted by Crippen LogP contribution is 2.05. The van der Waals surface area contributed by atoms with E-state index in [-0.39, 0.29) is 4.59 Å². The van der Waals surface area contributed by atoms with E-state index in [1.165, 1.54) is 0 Å². The lowest BCUT2D eigenvalue weighted by Gasteiger charge is -2.25. The van der Waals surface area contributed by atoms with Crippen LogP contribution in [0.2, 0.25) is 0 Å². The molecule has 13 heavy (non-hydrogen) atoms. The molecule has 0 aliphatic heterocycles. The number of aldehydes is 1. The Bertz CT molecular complexity index is 270. The fraction of sp³-hybridized carbons (Fsp3) is 0.300. The van der Waals surface area contributed by atoms with Crippen LogP contribution in [0.1, 0.15) is 5.56 Å². The minimum atomic E-state index is 0.216. The van der Waals surface area contributed by atoms with Crippen LogP contribution in [0.25, 0.3) is 0 Å². The number of benzene rings is 1. The number of quaternary nitrogens is 1. The maximum absolute atomic E-state index is 10.3. The average molecular weight is 179 g/mol. The summed E-state index contributed by atoms with van der Waals surface area (Å²) in [5.74, 6) is 5.87. The summed E-state index contributed by atoms with van der Waals surface area (Å²) in [5, 5.41) is 0. The molecular weight excluding hydrogens is 164 g/mol. The molecule has 0 bridgehead atoms. The van der Waals surface area contributed by atoms with Crippen LogP contribution in [-0.2, 0) is 11.3 Å². The number of likely N-dealkylation sites (N-methyl/N-ethyl adjacent to an activating group) is 1. The summed E-state index contributed by atoms with van der Waals surface area (Å²) in [6.07, 6.45) is 0.850. The van der Waals surface area contributed by atoms with Crippen molar-refractivity contribution in [1.82, 2.24) is 0 Å². The van der Waals surface area contributed by atoms with E-state index in [2.05, 4.69) is 0 Å². The van der Waals surface area contributed by atoms with Gasteiger partial charge in [0.1, 0.15) is 6.54 Å². The molecule has 0 saturated heterocycles. The van der Waals surface area contributed by atoms with Crippen molar-refractivity contribution in [3.05, 3.63) is 35.9 Å². The van der Waals surface area contributed by atoms with Crippen molar-refractivity contribution in [3.8, 4) is 0 Å². The zero-order chi connectivity index (χ0) is 9.73. The topological polar surface area (TPSA) is 43.1 Å². The number of hydrogen-bond donors (Lipinski definition) is 1. The highest BCUT2D eigenvalue weighted by molar-refractivity contribution is 5.50. The van der Waals surface area contributed by atoms with Crippen molar-refractivity contribution < 1.29 is 9.39 Å². The number of carbonyl (C=O) groups excluding carboxylic acids is 1. The first kappa shape index (κ1) is 9.89. The fourth-order valence-electron chi connectivity index (χ4n) is 1.24. The van der Waals surface area contributed by atoms with Crippen molar-refractivity contribution in [1.29, 1.82) is 0 Å². The molecule has 0 aliphatic rings. The second kappa shape index (κ2) is 4.16. The third kappa shape index (κ3) is 3.36. The van der Waals surface area contributed by atoms with Crippen LogP contribution < -0.4 is 5.84 Å². The lowest BCUT2D eigenvalue weighted by Crippen LogP contribution is -2.50. The van der Waals surface area contributed by atoms with Crippen molar-refractivity contribution in [3.63, 3.8) is 0 Å². The van der Waals surface area contributed by atoms with Crippen LogP contribution in [0.5, 0.6) is 0 Å². The molecule has 0 aromatic heterocycles. The number of nitrogens with zero attached hydrogens (tertiary/aromatic N) is 1. The smallest absolute Gasteiger partial charge is 0.176 e. The van der Waals surface area contributed by atoms with Crippen LogP contribution in [0, 0.1) is 0 Å². The van der Waals surface area contributed by atoms with Gasteiger partial charge in [-0.05, 0) is 0 Å². The summed E-state index contributed by atoms with van der Waals surface area (Å²) >= 11 is 0. The Labute approximate surface area is 78.3 Å². The lowest BCUT2D eigenvalue weighted by atomic mass is 10.2. The van der Waals surface area contributed by atoms with Crippen molar-refractivity contribution in [2.24, 2.45) is 5.84 Å². The first-order valence-corrected chi connectivity index (χ1v) is 4.25. The van der Waals surface area contributed by atoms with Crippen molar-refractivity contribution in [2.45, 2.75) is 6.54 Å². The van der Waals surface area contributed by atoms with E-state index in [0.29, 0.717) is 13.1 Å². The predicted molar refractivity (Wildman–Crippen MR) is 51.4 cm³/mol. The number of nitrogens with two attached hydrogens (primary N) is 1. The third-order valence-electron chi connectivity index (χ3n) is 1.88. The van der Waals surface area contributed by atoms with Gasteiger partial charge in [-0.25, -0.2) is 4.59 Å². The van der Waals surface area contributed by atoms with Gasteiger partial charge in [-0.15, -0.1) is 0 Å². The highest BCUT2D eigenvalue weighted by atomic mass is 16.1. The summed E-state index contributed by atoms with van der Waals surface area (Å²) in [5.41, 5.74) is 1.15.